The molecule has 4 nitrogen and oxygen atoms in total. The summed E-state index contributed by atoms with van der Waals surface area (Å²) in [6.45, 7) is 1.70. The van der Waals surface area contributed by atoms with Crippen molar-refractivity contribution in [2.45, 2.75) is 18.9 Å². The summed E-state index contributed by atoms with van der Waals surface area (Å²) < 4.78 is 5.79. The van der Waals surface area contributed by atoms with Crippen LogP contribution in [0.4, 0.5) is 5.69 Å². The van der Waals surface area contributed by atoms with E-state index in [-0.39, 0.29) is 24.5 Å². The minimum atomic E-state index is -0.290. The first-order chi connectivity index (χ1) is 14.2. The highest BCUT2D eigenvalue weighted by molar-refractivity contribution is 5.90. The lowest BCUT2D eigenvalue weighted by atomic mass is 10.0. The number of benzene rings is 3. The van der Waals surface area contributed by atoms with Gasteiger partial charge >= 0.3 is 5.97 Å². The number of anilines is 1. The van der Waals surface area contributed by atoms with E-state index in [2.05, 4.69) is 23.1 Å². The molecule has 0 N–H and O–H groups in total. The molecule has 0 radical (unpaired) electrons. The average molecular weight is 419 g/mol. The Morgan fingerprint density at radius 1 is 0.967 bits per heavy atom. The molecule has 3 aromatic carbocycles. The minimum absolute atomic E-state index is 0. The molecular formula is C25H23ClN2O2. The molecule has 152 valence electrons. The molecule has 1 atom stereocenters. The van der Waals surface area contributed by atoms with E-state index in [1.165, 1.54) is 0 Å². The minimum Gasteiger partial charge on any atom is -0.457 e. The number of nitriles is 1. The van der Waals surface area contributed by atoms with E-state index >= 15 is 0 Å². The van der Waals surface area contributed by atoms with Crippen LogP contribution in [-0.4, -0.2) is 25.2 Å². The number of nitrogens with zero attached hydrogens (tertiary/aromatic N) is 2. The topological polar surface area (TPSA) is 53.3 Å². The van der Waals surface area contributed by atoms with Crippen molar-refractivity contribution in [1.29, 1.82) is 5.26 Å². The number of carbonyl (C=O) groups is 1. The Kier molecular flexibility index (Phi) is 7.11. The summed E-state index contributed by atoms with van der Waals surface area (Å²) in [7, 11) is 0. The molecule has 0 spiro atoms. The van der Waals surface area contributed by atoms with Crippen molar-refractivity contribution >= 4 is 24.1 Å². The number of ether oxygens (including phenoxy) is 1. The molecule has 0 aromatic heterocycles. The Balaban J connectivity index is 0.00000256. The average Bonchev–Trinajstić information content (AvgIpc) is 2.80. The third kappa shape index (κ3) is 5.00. The molecule has 0 aliphatic carbocycles. The van der Waals surface area contributed by atoms with Crippen LogP contribution in [0, 0.1) is 11.3 Å². The van der Waals surface area contributed by atoms with Crippen LogP contribution in [0.1, 0.15) is 28.8 Å². The second-order valence-corrected chi connectivity index (χ2v) is 7.22. The lowest BCUT2D eigenvalue weighted by molar-refractivity contribution is 0.0270. The molecule has 30 heavy (non-hydrogen) atoms. The fraction of sp³-hybridized carbons (Fsp3) is 0.200. The quantitative estimate of drug-likeness (QED) is 0.527. The first kappa shape index (κ1) is 21.4. The van der Waals surface area contributed by atoms with Gasteiger partial charge < -0.3 is 9.64 Å². The van der Waals surface area contributed by atoms with E-state index in [0.29, 0.717) is 11.1 Å². The number of para-hydroxylation sites is 1. The van der Waals surface area contributed by atoms with E-state index in [1.807, 2.05) is 48.5 Å². The molecule has 4 rings (SSSR count). The highest BCUT2D eigenvalue weighted by Gasteiger charge is 2.23. The van der Waals surface area contributed by atoms with Crippen LogP contribution < -0.4 is 4.90 Å². The Bertz CT molecular complexity index is 1030. The highest BCUT2D eigenvalue weighted by atomic mass is 35.5. The van der Waals surface area contributed by atoms with Crippen molar-refractivity contribution in [3.05, 3.63) is 90.0 Å². The van der Waals surface area contributed by atoms with Gasteiger partial charge in [0.1, 0.15) is 6.10 Å². The normalized spacial score (nSPS) is 15.6. The summed E-state index contributed by atoms with van der Waals surface area (Å²) in [6, 6.07) is 27.2. The van der Waals surface area contributed by atoms with Gasteiger partial charge in [0.25, 0.3) is 0 Å². The van der Waals surface area contributed by atoms with E-state index in [9.17, 15) is 4.79 Å². The molecule has 0 saturated carbocycles. The van der Waals surface area contributed by atoms with Gasteiger partial charge in [0.2, 0.25) is 0 Å². The number of hydrogen-bond donors (Lipinski definition) is 0. The van der Waals surface area contributed by atoms with Crippen LogP contribution in [0.15, 0.2) is 78.9 Å². The molecule has 0 amide bonds. The van der Waals surface area contributed by atoms with E-state index in [4.69, 9.17) is 10.00 Å². The second-order valence-electron chi connectivity index (χ2n) is 7.22. The zero-order chi connectivity index (χ0) is 20.1. The molecular weight excluding hydrogens is 396 g/mol. The second kappa shape index (κ2) is 9.96. The Morgan fingerprint density at radius 3 is 2.47 bits per heavy atom. The van der Waals surface area contributed by atoms with Gasteiger partial charge in [0, 0.05) is 12.2 Å². The van der Waals surface area contributed by atoms with Gasteiger partial charge in [-0.3, -0.25) is 0 Å². The zero-order valence-corrected chi connectivity index (χ0v) is 17.3. The SMILES string of the molecule is Cl.N#Cc1cccc(-c2ccc(C(=O)OC3CCCN(c4ccccc4)C3)cc2)c1. The maximum atomic E-state index is 12.6. The van der Waals surface area contributed by atoms with E-state index in [1.54, 1.807) is 18.2 Å². The Labute approximate surface area is 183 Å². The molecule has 1 aliphatic heterocycles. The summed E-state index contributed by atoms with van der Waals surface area (Å²) in [5, 5.41) is 9.06. The van der Waals surface area contributed by atoms with Crippen LogP contribution in [0.25, 0.3) is 11.1 Å². The highest BCUT2D eigenvalue weighted by Crippen LogP contribution is 2.23. The summed E-state index contributed by atoms with van der Waals surface area (Å²) >= 11 is 0. The van der Waals surface area contributed by atoms with Gasteiger partial charge in [-0.25, -0.2) is 4.79 Å². The van der Waals surface area contributed by atoms with Crippen molar-refractivity contribution in [3.63, 3.8) is 0 Å². The number of esters is 1. The first-order valence-corrected chi connectivity index (χ1v) is 9.84. The maximum Gasteiger partial charge on any atom is 0.338 e. The molecule has 1 unspecified atom stereocenters. The van der Waals surface area contributed by atoms with E-state index < -0.39 is 0 Å². The molecule has 1 saturated heterocycles. The van der Waals surface area contributed by atoms with Crippen molar-refractivity contribution in [3.8, 4) is 17.2 Å². The summed E-state index contributed by atoms with van der Waals surface area (Å²) in [6.07, 6.45) is 1.78. The fourth-order valence-electron chi connectivity index (χ4n) is 3.69. The third-order valence-corrected chi connectivity index (χ3v) is 5.22. The third-order valence-electron chi connectivity index (χ3n) is 5.22. The van der Waals surface area contributed by atoms with Crippen molar-refractivity contribution in [2.24, 2.45) is 0 Å². The number of carbonyl (C=O) groups excluding carboxylic acids is 1. The molecule has 0 bridgehead atoms. The number of piperidine rings is 1. The molecule has 3 aromatic rings. The monoisotopic (exact) mass is 418 g/mol. The van der Waals surface area contributed by atoms with Crippen LogP contribution in [0.3, 0.4) is 0 Å². The van der Waals surface area contributed by atoms with Crippen molar-refractivity contribution in [2.75, 3.05) is 18.0 Å². The van der Waals surface area contributed by atoms with Gasteiger partial charge in [-0.2, -0.15) is 5.26 Å². The first-order valence-electron chi connectivity index (χ1n) is 9.84. The largest absolute Gasteiger partial charge is 0.457 e. The summed E-state index contributed by atoms with van der Waals surface area (Å²) in [5.74, 6) is -0.290. The fourth-order valence-corrected chi connectivity index (χ4v) is 3.69. The molecule has 5 heteroatoms. The Morgan fingerprint density at radius 2 is 1.73 bits per heavy atom. The van der Waals surface area contributed by atoms with E-state index in [0.717, 1.165) is 42.7 Å². The zero-order valence-electron chi connectivity index (χ0n) is 16.5. The van der Waals surface area contributed by atoms with Gasteiger partial charge in [-0.15, -0.1) is 12.4 Å². The van der Waals surface area contributed by atoms with Crippen molar-refractivity contribution < 1.29 is 9.53 Å². The predicted octanol–water partition coefficient (Wildman–Crippen LogP) is 5.47. The molecule has 1 heterocycles. The molecule has 1 aliphatic rings. The van der Waals surface area contributed by atoms with Crippen LogP contribution in [0.5, 0.6) is 0 Å². The number of rotatable bonds is 4. The van der Waals surface area contributed by atoms with Gasteiger partial charge in [0.05, 0.1) is 23.7 Å². The smallest absolute Gasteiger partial charge is 0.338 e. The molecule has 1 fully saturated rings. The predicted molar refractivity (Wildman–Crippen MR) is 121 cm³/mol. The van der Waals surface area contributed by atoms with Gasteiger partial charge in [-0.1, -0.05) is 42.5 Å². The summed E-state index contributed by atoms with van der Waals surface area (Å²) in [4.78, 5) is 14.9. The van der Waals surface area contributed by atoms with Crippen LogP contribution in [-0.2, 0) is 4.74 Å². The maximum absolute atomic E-state index is 12.6. The van der Waals surface area contributed by atoms with Crippen LogP contribution >= 0.6 is 12.4 Å². The van der Waals surface area contributed by atoms with Crippen LogP contribution in [0.2, 0.25) is 0 Å². The standard InChI is InChI=1S/C25H22N2O2.ClH/c26-17-19-6-4-7-22(16-19)20-11-13-21(14-12-20)25(28)29-24-10-5-15-27(18-24)23-8-2-1-3-9-23;/h1-4,6-9,11-14,16,24H,5,10,15,18H2;1H. The number of hydrogen-bond acceptors (Lipinski definition) is 4. The van der Waals surface area contributed by atoms with Crippen molar-refractivity contribution in [1.82, 2.24) is 0 Å². The van der Waals surface area contributed by atoms with Gasteiger partial charge in [0.15, 0.2) is 0 Å². The number of halogens is 1. The lowest BCUT2D eigenvalue weighted by Crippen LogP contribution is -2.40. The Hall–Kier alpha value is -3.29. The summed E-state index contributed by atoms with van der Waals surface area (Å²) in [5.41, 5.74) is 4.24. The van der Waals surface area contributed by atoms with Gasteiger partial charge in [-0.05, 0) is 60.4 Å². The lowest BCUT2D eigenvalue weighted by Gasteiger charge is -2.34.